The van der Waals surface area contributed by atoms with E-state index in [0.29, 0.717) is 21.7 Å². The SMILES string of the molecule is O=C(CSc1nnc(-c2ccccc2Cl)o1)Nc1ccccc1I. The summed E-state index contributed by atoms with van der Waals surface area (Å²) in [6, 6.07) is 14.8. The molecule has 5 nitrogen and oxygen atoms in total. The summed E-state index contributed by atoms with van der Waals surface area (Å²) in [7, 11) is 0. The van der Waals surface area contributed by atoms with Crippen LogP contribution in [0.4, 0.5) is 5.69 Å². The van der Waals surface area contributed by atoms with Crippen molar-refractivity contribution in [3.63, 3.8) is 0 Å². The van der Waals surface area contributed by atoms with E-state index in [4.69, 9.17) is 16.0 Å². The molecule has 0 saturated heterocycles. The van der Waals surface area contributed by atoms with Gasteiger partial charge in [0, 0.05) is 3.57 Å². The molecule has 0 atom stereocenters. The first-order chi connectivity index (χ1) is 11.6. The second-order valence-corrected chi connectivity index (χ2v) is 7.17. The fourth-order valence-corrected chi connectivity index (χ4v) is 3.19. The molecule has 0 aliphatic heterocycles. The third kappa shape index (κ3) is 4.28. The van der Waals surface area contributed by atoms with Crippen LogP contribution in [0.1, 0.15) is 0 Å². The average Bonchev–Trinajstić information content (AvgIpc) is 3.04. The first kappa shape index (κ1) is 17.2. The molecule has 1 amide bonds. The molecule has 0 saturated carbocycles. The number of hydrogen-bond donors (Lipinski definition) is 1. The van der Waals surface area contributed by atoms with Gasteiger partial charge in [-0.2, -0.15) is 0 Å². The molecule has 0 aliphatic carbocycles. The maximum absolute atomic E-state index is 12.0. The highest BCUT2D eigenvalue weighted by Crippen LogP contribution is 2.28. The molecule has 0 aliphatic rings. The predicted octanol–water partition coefficient (Wildman–Crippen LogP) is 4.73. The Balaban J connectivity index is 1.61. The highest BCUT2D eigenvalue weighted by Gasteiger charge is 2.13. The lowest BCUT2D eigenvalue weighted by Crippen LogP contribution is -2.14. The number of para-hydroxylation sites is 1. The molecule has 0 bridgehead atoms. The lowest BCUT2D eigenvalue weighted by Gasteiger charge is -2.05. The molecule has 3 aromatic rings. The molecule has 24 heavy (non-hydrogen) atoms. The van der Waals surface area contributed by atoms with Crippen molar-refractivity contribution < 1.29 is 9.21 Å². The quantitative estimate of drug-likeness (QED) is 0.431. The van der Waals surface area contributed by atoms with Crippen molar-refractivity contribution in [2.45, 2.75) is 5.22 Å². The summed E-state index contributed by atoms with van der Waals surface area (Å²) in [6.45, 7) is 0. The van der Waals surface area contributed by atoms with E-state index in [1.807, 2.05) is 36.4 Å². The molecule has 0 radical (unpaired) electrons. The number of thioether (sulfide) groups is 1. The second kappa shape index (κ2) is 8.00. The minimum atomic E-state index is -0.137. The molecule has 3 rings (SSSR count). The predicted molar refractivity (Wildman–Crippen MR) is 103 cm³/mol. The number of amides is 1. The molecular formula is C16H11ClIN3O2S. The number of benzene rings is 2. The summed E-state index contributed by atoms with van der Waals surface area (Å²) in [5, 5.41) is 11.6. The smallest absolute Gasteiger partial charge is 0.277 e. The van der Waals surface area contributed by atoms with Crippen LogP contribution in [0.3, 0.4) is 0 Å². The van der Waals surface area contributed by atoms with Crippen molar-refractivity contribution in [1.82, 2.24) is 10.2 Å². The number of halogens is 2. The summed E-state index contributed by atoms with van der Waals surface area (Å²) in [5.41, 5.74) is 1.45. The number of carbonyl (C=O) groups is 1. The molecule has 122 valence electrons. The minimum Gasteiger partial charge on any atom is -0.411 e. The summed E-state index contributed by atoms with van der Waals surface area (Å²) >= 11 is 9.45. The van der Waals surface area contributed by atoms with Crippen LogP contribution < -0.4 is 5.32 Å². The Morgan fingerprint density at radius 2 is 1.92 bits per heavy atom. The second-order valence-electron chi connectivity index (χ2n) is 4.67. The number of anilines is 1. The molecule has 0 spiro atoms. The van der Waals surface area contributed by atoms with E-state index < -0.39 is 0 Å². The Morgan fingerprint density at radius 1 is 1.17 bits per heavy atom. The first-order valence-electron chi connectivity index (χ1n) is 6.89. The normalized spacial score (nSPS) is 10.6. The van der Waals surface area contributed by atoms with Crippen LogP contribution in [-0.4, -0.2) is 21.9 Å². The lowest BCUT2D eigenvalue weighted by atomic mass is 10.2. The maximum atomic E-state index is 12.0. The minimum absolute atomic E-state index is 0.137. The zero-order valence-corrected chi connectivity index (χ0v) is 15.9. The molecule has 1 aromatic heterocycles. The number of nitrogens with zero attached hydrogens (tertiary/aromatic N) is 2. The third-order valence-electron chi connectivity index (χ3n) is 2.99. The van der Waals surface area contributed by atoms with Crippen LogP contribution in [0, 0.1) is 3.57 Å². The fraction of sp³-hybridized carbons (Fsp3) is 0.0625. The van der Waals surface area contributed by atoms with Gasteiger partial charge >= 0.3 is 0 Å². The molecule has 0 fully saturated rings. The Kier molecular flexibility index (Phi) is 5.75. The average molecular weight is 472 g/mol. The Bertz CT molecular complexity index is 872. The lowest BCUT2D eigenvalue weighted by molar-refractivity contribution is -0.113. The molecular weight excluding hydrogens is 461 g/mol. The molecule has 8 heteroatoms. The van der Waals surface area contributed by atoms with Crippen molar-refractivity contribution in [2.75, 3.05) is 11.1 Å². The van der Waals surface area contributed by atoms with Gasteiger partial charge in [-0.15, -0.1) is 10.2 Å². The van der Waals surface area contributed by atoms with Crippen molar-refractivity contribution in [1.29, 1.82) is 0 Å². The van der Waals surface area contributed by atoms with Crippen molar-refractivity contribution >= 4 is 57.5 Å². The van der Waals surface area contributed by atoms with Crippen LogP contribution in [-0.2, 0) is 4.79 Å². The zero-order chi connectivity index (χ0) is 16.9. The Hall–Kier alpha value is -1.58. The summed E-state index contributed by atoms with van der Waals surface area (Å²) in [4.78, 5) is 12.0. The summed E-state index contributed by atoms with van der Waals surface area (Å²) < 4.78 is 6.53. The highest BCUT2D eigenvalue weighted by atomic mass is 127. The van der Waals surface area contributed by atoms with E-state index in [9.17, 15) is 4.79 Å². The van der Waals surface area contributed by atoms with Crippen molar-refractivity contribution in [2.24, 2.45) is 0 Å². The molecule has 1 N–H and O–H groups in total. The standard InChI is InChI=1S/C16H11ClIN3O2S/c17-11-6-2-1-5-10(11)15-20-21-16(23-15)24-9-14(22)19-13-8-4-3-7-12(13)18/h1-8H,9H2,(H,19,22). The maximum Gasteiger partial charge on any atom is 0.277 e. The molecule has 0 unspecified atom stereocenters. The molecule has 2 aromatic carbocycles. The number of nitrogens with one attached hydrogen (secondary N) is 1. The number of aromatic nitrogens is 2. The van der Waals surface area contributed by atoms with Crippen LogP contribution in [0.5, 0.6) is 0 Å². The molecule has 1 heterocycles. The van der Waals surface area contributed by atoms with E-state index in [0.717, 1.165) is 9.26 Å². The van der Waals surface area contributed by atoms with Gasteiger partial charge in [0.25, 0.3) is 5.22 Å². The monoisotopic (exact) mass is 471 g/mol. The van der Waals surface area contributed by atoms with Gasteiger partial charge in [0.2, 0.25) is 11.8 Å². The van der Waals surface area contributed by atoms with Gasteiger partial charge in [0.1, 0.15) is 0 Å². The topological polar surface area (TPSA) is 68.0 Å². The van der Waals surface area contributed by atoms with Gasteiger partial charge in [0.15, 0.2) is 0 Å². The zero-order valence-electron chi connectivity index (χ0n) is 12.2. The van der Waals surface area contributed by atoms with Gasteiger partial charge in [-0.1, -0.05) is 47.6 Å². The third-order valence-corrected chi connectivity index (χ3v) is 5.07. The van der Waals surface area contributed by atoms with Gasteiger partial charge < -0.3 is 9.73 Å². The summed E-state index contributed by atoms with van der Waals surface area (Å²) in [6.07, 6.45) is 0. The highest BCUT2D eigenvalue weighted by molar-refractivity contribution is 14.1. The van der Waals surface area contributed by atoms with Gasteiger partial charge in [0.05, 0.1) is 22.0 Å². The van der Waals surface area contributed by atoms with Gasteiger partial charge in [-0.05, 0) is 46.9 Å². The van der Waals surface area contributed by atoms with E-state index in [-0.39, 0.29) is 11.7 Å². The van der Waals surface area contributed by atoms with Crippen molar-refractivity contribution in [3.8, 4) is 11.5 Å². The Morgan fingerprint density at radius 3 is 2.71 bits per heavy atom. The van der Waals surface area contributed by atoms with E-state index in [2.05, 4.69) is 38.1 Å². The fourth-order valence-electron chi connectivity index (χ4n) is 1.89. The number of hydrogen-bond acceptors (Lipinski definition) is 5. The van der Waals surface area contributed by atoms with Crippen LogP contribution in [0.2, 0.25) is 5.02 Å². The number of rotatable bonds is 5. The van der Waals surface area contributed by atoms with Crippen molar-refractivity contribution in [3.05, 3.63) is 57.1 Å². The Labute approximate surface area is 161 Å². The van der Waals surface area contributed by atoms with Crippen LogP contribution in [0.15, 0.2) is 58.2 Å². The van der Waals surface area contributed by atoms with E-state index in [1.165, 1.54) is 11.8 Å². The number of carbonyl (C=O) groups excluding carboxylic acids is 1. The first-order valence-corrected chi connectivity index (χ1v) is 9.33. The van der Waals surface area contributed by atoms with E-state index >= 15 is 0 Å². The van der Waals surface area contributed by atoms with E-state index in [1.54, 1.807) is 12.1 Å². The van der Waals surface area contributed by atoms with Gasteiger partial charge in [-0.3, -0.25) is 4.79 Å². The van der Waals surface area contributed by atoms with Crippen LogP contribution in [0.25, 0.3) is 11.5 Å². The van der Waals surface area contributed by atoms with Crippen LogP contribution >= 0.6 is 46.0 Å². The largest absolute Gasteiger partial charge is 0.411 e. The van der Waals surface area contributed by atoms with Gasteiger partial charge in [-0.25, -0.2) is 0 Å². The summed E-state index contributed by atoms with van der Waals surface area (Å²) in [5.74, 6) is 0.373.